The number of benzene rings is 3. The molecule has 0 amide bonds. The number of nitrogens with zero attached hydrogens (tertiary/aromatic N) is 5. The van der Waals surface area contributed by atoms with Gasteiger partial charge in [-0.05, 0) is 29.0 Å². The van der Waals surface area contributed by atoms with Crippen molar-refractivity contribution in [1.29, 1.82) is 0 Å². The minimum atomic E-state index is -0.110. The number of hydrogen-bond donors (Lipinski definition) is 2. The van der Waals surface area contributed by atoms with E-state index in [4.69, 9.17) is 0 Å². The van der Waals surface area contributed by atoms with Crippen molar-refractivity contribution in [3.8, 4) is 28.7 Å². The minimum Gasteiger partial charge on any atom is -0.492 e. The van der Waals surface area contributed by atoms with Gasteiger partial charge in [0.25, 0.3) is 0 Å². The van der Waals surface area contributed by atoms with Gasteiger partial charge in [0.2, 0.25) is 5.88 Å². The fraction of sp³-hybridized carbons (Fsp3) is 0. The monoisotopic (exact) mass is 378 g/mol. The summed E-state index contributed by atoms with van der Waals surface area (Å²) in [6.07, 6.45) is 0. The van der Waals surface area contributed by atoms with E-state index in [9.17, 15) is 5.11 Å². The van der Waals surface area contributed by atoms with Crippen molar-refractivity contribution in [2.24, 2.45) is 0 Å². The summed E-state index contributed by atoms with van der Waals surface area (Å²) < 4.78 is 1.39. The largest absolute Gasteiger partial charge is 0.492 e. The molecule has 7 nitrogen and oxygen atoms in total. The zero-order chi connectivity index (χ0) is 19.4. The highest BCUT2D eigenvalue weighted by atomic mass is 16.3. The van der Waals surface area contributed by atoms with Crippen LogP contribution in [-0.2, 0) is 0 Å². The molecular weight excluding hydrogens is 364 g/mol. The molecule has 0 fully saturated rings. The van der Waals surface area contributed by atoms with Gasteiger partial charge in [-0.3, -0.25) is 0 Å². The standard InChI is InChI=1S/C22H14N6O/c29-22-20(21-23-16-7-3-4-8-17(16)24-21)26-25-19-12-18(27-28(19)22)15-10-9-13-5-1-2-6-14(13)11-15/h1-12,29H,(H,23,24). The van der Waals surface area contributed by atoms with E-state index in [0.717, 1.165) is 27.4 Å². The van der Waals surface area contributed by atoms with Crippen molar-refractivity contribution in [3.63, 3.8) is 0 Å². The molecule has 138 valence electrons. The molecule has 3 aromatic carbocycles. The van der Waals surface area contributed by atoms with Gasteiger partial charge in [0.05, 0.1) is 16.7 Å². The van der Waals surface area contributed by atoms with Gasteiger partial charge in [0.15, 0.2) is 17.2 Å². The molecule has 0 aliphatic rings. The lowest BCUT2D eigenvalue weighted by Gasteiger charge is -2.01. The minimum absolute atomic E-state index is 0.110. The Kier molecular flexibility index (Phi) is 3.19. The Morgan fingerprint density at radius 1 is 0.828 bits per heavy atom. The summed E-state index contributed by atoms with van der Waals surface area (Å²) in [7, 11) is 0. The summed E-state index contributed by atoms with van der Waals surface area (Å²) in [6.45, 7) is 0. The molecule has 7 heteroatoms. The molecule has 2 N–H and O–H groups in total. The smallest absolute Gasteiger partial charge is 0.246 e. The molecule has 6 aromatic rings. The van der Waals surface area contributed by atoms with E-state index in [1.807, 2.05) is 42.5 Å². The molecule has 0 bridgehead atoms. The fourth-order valence-electron chi connectivity index (χ4n) is 3.55. The van der Waals surface area contributed by atoms with Crippen LogP contribution in [0.25, 0.3) is 50.2 Å². The van der Waals surface area contributed by atoms with Gasteiger partial charge in [0, 0.05) is 11.6 Å². The lowest BCUT2D eigenvalue weighted by molar-refractivity contribution is 0.433. The van der Waals surface area contributed by atoms with Crippen LogP contribution in [0.3, 0.4) is 0 Å². The maximum Gasteiger partial charge on any atom is 0.246 e. The first-order valence-corrected chi connectivity index (χ1v) is 9.16. The number of imidazole rings is 1. The lowest BCUT2D eigenvalue weighted by atomic mass is 10.1. The highest BCUT2D eigenvalue weighted by Crippen LogP contribution is 2.29. The van der Waals surface area contributed by atoms with Crippen LogP contribution < -0.4 is 0 Å². The SMILES string of the molecule is Oc1c(-c2nc3ccccc3[nH]2)nnc2cc(-c3ccc4ccccc4c3)nn12. The molecule has 0 aliphatic heterocycles. The summed E-state index contributed by atoms with van der Waals surface area (Å²) >= 11 is 0. The second-order valence-electron chi connectivity index (χ2n) is 6.84. The van der Waals surface area contributed by atoms with Gasteiger partial charge in [-0.15, -0.1) is 10.2 Å². The predicted octanol–water partition coefficient (Wildman–Crippen LogP) is 4.19. The van der Waals surface area contributed by atoms with Gasteiger partial charge in [-0.1, -0.05) is 48.5 Å². The molecule has 6 rings (SSSR count). The number of rotatable bonds is 2. The Morgan fingerprint density at radius 2 is 1.66 bits per heavy atom. The molecule has 0 unspecified atom stereocenters. The van der Waals surface area contributed by atoms with Crippen LogP contribution in [0.4, 0.5) is 0 Å². The number of aromatic nitrogens is 6. The fourth-order valence-corrected chi connectivity index (χ4v) is 3.55. The third-order valence-corrected chi connectivity index (χ3v) is 5.01. The lowest BCUT2D eigenvalue weighted by Crippen LogP contribution is -1.98. The average molecular weight is 378 g/mol. The van der Waals surface area contributed by atoms with E-state index >= 15 is 0 Å². The second kappa shape index (κ2) is 5.87. The van der Waals surface area contributed by atoms with E-state index in [0.29, 0.717) is 17.2 Å². The van der Waals surface area contributed by atoms with Crippen molar-refractivity contribution in [2.75, 3.05) is 0 Å². The van der Waals surface area contributed by atoms with Crippen LogP contribution in [0.1, 0.15) is 0 Å². The molecule has 0 atom stereocenters. The highest BCUT2D eigenvalue weighted by molar-refractivity contribution is 5.87. The van der Waals surface area contributed by atoms with Crippen LogP contribution in [0.5, 0.6) is 5.88 Å². The third-order valence-electron chi connectivity index (χ3n) is 5.01. The van der Waals surface area contributed by atoms with Crippen molar-refractivity contribution in [2.45, 2.75) is 0 Å². The zero-order valence-corrected chi connectivity index (χ0v) is 15.1. The number of H-pyrrole nitrogens is 1. The Bertz CT molecular complexity index is 1500. The van der Waals surface area contributed by atoms with Gasteiger partial charge >= 0.3 is 0 Å². The number of nitrogens with one attached hydrogen (secondary N) is 1. The first-order valence-electron chi connectivity index (χ1n) is 9.16. The first kappa shape index (κ1) is 15.8. The van der Waals surface area contributed by atoms with Gasteiger partial charge in [-0.2, -0.15) is 9.61 Å². The molecule has 0 radical (unpaired) electrons. The number of para-hydroxylation sites is 2. The van der Waals surface area contributed by atoms with Gasteiger partial charge < -0.3 is 10.1 Å². The second-order valence-corrected chi connectivity index (χ2v) is 6.84. The van der Waals surface area contributed by atoms with Crippen molar-refractivity contribution < 1.29 is 5.11 Å². The third kappa shape index (κ3) is 2.45. The van der Waals surface area contributed by atoms with Gasteiger partial charge in [-0.25, -0.2) is 4.98 Å². The topological polar surface area (TPSA) is 92.0 Å². The van der Waals surface area contributed by atoms with E-state index < -0.39 is 0 Å². The Morgan fingerprint density at radius 3 is 2.55 bits per heavy atom. The Labute approximate surface area is 164 Å². The predicted molar refractivity (Wildman–Crippen MR) is 110 cm³/mol. The quantitative estimate of drug-likeness (QED) is 0.471. The first-order chi connectivity index (χ1) is 14.3. The summed E-state index contributed by atoms with van der Waals surface area (Å²) in [4.78, 5) is 7.65. The van der Waals surface area contributed by atoms with Crippen molar-refractivity contribution in [3.05, 3.63) is 72.8 Å². The van der Waals surface area contributed by atoms with Crippen LogP contribution in [0.15, 0.2) is 72.8 Å². The summed E-state index contributed by atoms with van der Waals surface area (Å²) in [5.41, 5.74) is 4.02. The summed E-state index contributed by atoms with van der Waals surface area (Å²) in [6, 6.07) is 23.7. The zero-order valence-electron chi connectivity index (χ0n) is 15.1. The summed E-state index contributed by atoms with van der Waals surface area (Å²) in [5, 5.41) is 26.0. The van der Waals surface area contributed by atoms with E-state index in [2.05, 4.69) is 49.5 Å². The molecule has 3 aromatic heterocycles. The average Bonchev–Trinajstić information content (AvgIpc) is 3.38. The van der Waals surface area contributed by atoms with Crippen LogP contribution in [0, 0.1) is 0 Å². The van der Waals surface area contributed by atoms with E-state index in [1.165, 1.54) is 4.52 Å². The Balaban J connectivity index is 1.50. The van der Waals surface area contributed by atoms with Crippen LogP contribution in [0.2, 0.25) is 0 Å². The highest BCUT2D eigenvalue weighted by Gasteiger charge is 2.18. The molecule has 0 spiro atoms. The van der Waals surface area contributed by atoms with Crippen LogP contribution in [-0.4, -0.2) is 34.9 Å². The van der Waals surface area contributed by atoms with Crippen molar-refractivity contribution >= 4 is 27.5 Å². The maximum absolute atomic E-state index is 10.8. The van der Waals surface area contributed by atoms with E-state index in [-0.39, 0.29) is 11.6 Å². The van der Waals surface area contributed by atoms with Gasteiger partial charge in [0.1, 0.15) is 0 Å². The number of hydrogen-bond acceptors (Lipinski definition) is 5. The normalized spacial score (nSPS) is 11.6. The molecular formula is C22H14N6O. The molecule has 0 saturated carbocycles. The summed E-state index contributed by atoms with van der Waals surface area (Å²) in [5.74, 6) is 0.335. The number of fused-ring (bicyclic) bond motifs is 3. The number of aromatic hydroxyl groups is 1. The molecule has 0 aliphatic carbocycles. The van der Waals surface area contributed by atoms with Crippen LogP contribution >= 0.6 is 0 Å². The number of aromatic amines is 1. The molecule has 3 heterocycles. The molecule has 29 heavy (non-hydrogen) atoms. The Hall–Kier alpha value is -4.26. The maximum atomic E-state index is 10.8. The van der Waals surface area contributed by atoms with Crippen molar-refractivity contribution in [1.82, 2.24) is 29.8 Å². The van der Waals surface area contributed by atoms with E-state index in [1.54, 1.807) is 6.07 Å². The molecule has 0 saturated heterocycles.